The van der Waals surface area contributed by atoms with E-state index in [0.717, 1.165) is 37.3 Å². The van der Waals surface area contributed by atoms with Crippen LogP contribution < -0.4 is 10.2 Å². The van der Waals surface area contributed by atoms with Crippen LogP contribution in [0.4, 0.5) is 5.69 Å². The van der Waals surface area contributed by atoms with Crippen LogP contribution in [0.3, 0.4) is 0 Å². The molecule has 4 heteroatoms. The fraction of sp³-hybridized carbons (Fsp3) is 0.625. The monoisotopic (exact) mass is 342 g/mol. The highest BCUT2D eigenvalue weighted by Crippen LogP contribution is 2.23. The number of anilines is 1. The molecule has 0 spiro atoms. The van der Waals surface area contributed by atoms with E-state index in [1.54, 1.807) is 0 Å². The molecule has 1 aromatic rings. The lowest BCUT2D eigenvalue weighted by atomic mass is 10.1. The number of nitrogens with zero attached hydrogens (tertiary/aromatic N) is 1. The Morgan fingerprint density at radius 3 is 2.70 bits per heavy atom. The number of likely N-dealkylation sites (N-methyl/N-ethyl adjacent to an activating group) is 1. The molecule has 1 aromatic carbocycles. The van der Waals surface area contributed by atoms with Gasteiger partial charge in [-0.2, -0.15) is 0 Å². The fourth-order valence-corrected chi connectivity index (χ4v) is 2.39. The van der Waals surface area contributed by atoms with Crippen molar-refractivity contribution in [3.8, 4) is 0 Å². The van der Waals surface area contributed by atoms with Crippen molar-refractivity contribution in [2.24, 2.45) is 5.92 Å². The summed E-state index contributed by atoms with van der Waals surface area (Å²) >= 11 is 3.67. The number of rotatable bonds is 9. The van der Waals surface area contributed by atoms with Crippen molar-refractivity contribution in [2.45, 2.75) is 27.3 Å². The van der Waals surface area contributed by atoms with Crippen LogP contribution >= 0.6 is 15.9 Å². The zero-order chi connectivity index (χ0) is 15.0. The summed E-state index contributed by atoms with van der Waals surface area (Å²) in [7, 11) is 2.09. The minimum absolute atomic E-state index is 0.678. The minimum atomic E-state index is 0.678. The Morgan fingerprint density at radius 2 is 2.10 bits per heavy atom. The predicted octanol–water partition coefficient (Wildman–Crippen LogP) is 3.67. The SMILES string of the molecule is CCOCCN(C)c1ccc(CNCC(C)C)c(Br)c1. The number of hydrogen-bond acceptors (Lipinski definition) is 3. The molecule has 0 heterocycles. The molecule has 0 saturated carbocycles. The van der Waals surface area contributed by atoms with Gasteiger partial charge in [-0.05, 0) is 37.1 Å². The summed E-state index contributed by atoms with van der Waals surface area (Å²) in [5, 5.41) is 3.47. The third-order valence-corrected chi connectivity index (χ3v) is 3.86. The lowest BCUT2D eigenvalue weighted by molar-refractivity contribution is 0.154. The molecule has 0 atom stereocenters. The minimum Gasteiger partial charge on any atom is -0.380 e. The van der Waals surface area contributed by atoms with Crippen molar-refractivity contribution >= 4 is 21.6 Å². The molecule has 0 fully saturated rings. The zero-order valence-electron chi connectivity index (χ0n) is 13.1. The lowest BCUT2D eigenvalue weighted by Crippen LogP contribution is -2.23. The molecule has 0 aromatic heterocycles. The number of nitrogens with one attached hydrogen (secondary N) is 1. The average Bonchev–Trinajstić information content (AvgIpc) is 2.40. The molecular weight excluding hydrogens is 316 g/mol. The largest absolute Gasteiger partial charge is 0.380 e. The Hall–Kier alpha value is -0.580. The summed E-state index contributed by atoms with van der Waals surface area (Å²) in [6.45, 7) is 10.9. The molecule has 3 nitrogen and oxygen atoms in total. The van der Waals surface area contributed by atoms with Gasteiger partial charge < -0.3 is 15.0 Å². The molecule has 0 radical (unpaired) electrons. The van der Waals surface area contributed by atoms with Crippen LogP contribution in [-0.2, 0) is 11.3 Å². The van der Waals surface area contributed by atoms with Crippen molar-refractivity contribution in [2.75, 3.05) is 38.3 Å². The van der Waals surface area contributed by atoms with Gasteiger partial charge >= 0.3 is 0 Å². The van der Waals surface area contributed by atoms with Gasteiger partial charge in [-0.1, -0.05) is 35.8 Å². The van der Waals surface area contributed by atoms with Gasteiger partial charge in [0.05, 0.1) is 6.61 Å². The number of halogens is 1. The lowest BCUT2D eigenvalue weighted by Gasteiger charge is -2.20. The normalized spacial score (nSPS) is 11.1. The highest BCUT2D eigenvalue weighted by Gasteiger charge is 2.05. The van der Waals surface area contributed by atoms with Crippen molar-refractivity contribution in [3.63, 3.8) is 0 Å². The second-order valence-electron chi connectivity index (χ2n) is 5.42. The molecule has 114 valence electrons. The first-order chi connectivity index (χ1) is 9.54. The maximum Gasteiger partial charge on any atom is 0.0641 e. The molecule has 0 aliphatic carbocycles. The molecule has 1 rings (SSSR count). The molecule has 0 unspecified atom stereocenters. The van der Waals surface area contributed by atoms with Crippen LogP contribution in [0.2, 0.25) is 0 Å². The third kappa shape index (κ3) is 6.25. The molecule has 0 aliphatic heterocycles. The first-order valence-electron chi connectivity index (χ1n) is 7.32. The maximum absolute atomic E-state index is 5.39. The van der Waals surface area contributed by atoms with Crippen LogP contribution in [0.1, 0.15) is 26.3 Å². The topological polar surface area (TPSA) is 24.5 Å². The Kier molecular flexibility index (Phi) is 8.19. The number of benzene rings is 1. The summed E-state index contributed by atoms with van der Waals surface area (Å²) in [6, 6.07) is 6.53. The quantitative estimate of drug-likeness (QED) is 0.693. The predicted molar refractivity (Wildman–Crippen MR) is 90.4 cm³/mol. The molecule has 0 saturated heterocycles. The number of hydrogen-bond donors (Lipinski definition) is 1. The van der Waals surface area contributed by atoms with E-state index in [1.165, 1.54) is 11.3 Å². The average molecular weight is 343 g/mol. The van der Waals surface area contributed by atoms with E-state index in [-0.39, 0.29) is 0 Å². The van der Waals surface area contributed by atoms with Gasteiger partial charge in [0.25, 0.3) is 0 Å². The maximum atomic E-state index is 5.39. The van der Waals surface area contributed by atoms with Crippen LogP contribution in [-0.4, -0.2) is 33.4 Å². The van der Waals surface area contributed by atoms with E-state index in [0.29, 0.717) is 5.92 Å². The van der Waals surface area contributed by atoms with E-state index in [2.05, 4.69) is 65.2 Å². The zero-order valence-corrected chi connectivity index (χ0v) is 14.7. The Bertz CT molecular complexity index is 396. The highest BCUT2D eigenvalue weighted by molar-refractivity contribution is 9.10. The Balaban J connectivity index is 2.53. The summed E-state index contributed by atoms with van der Waals surface area (Å²) in [4.78, 5) is 2.21. The summed E-state index contributed by atoms with van der Waals surface area (Å²) in [5.41, 5.74) is 2.51. The van der Waals surface area contributed by atoms with Crippen LogP contribution in [0.15, 0.2) is 22.7 Å². The van der Waals surface area contributed by atoms with E-state index in [4.69, 9.17) is 4.74 Å². The highest BCUT2D eigenvalue weighted by atomic mass is 79.9. The van der Waals surface area contributed by atoms with Gasteiger partial charge in [0.2, 0.25) is 0 Å². The van der Waals surface area contributed by atoms with Gasteiger partial charge in [-0.3, -0.25) is 0 Å². The molecule has 0 aliphatic rings. The van der Waals surface area contributed by atoms with E-state index in [1.807, 2.05) is 6.92 Å². The fourth-order valence-electron chi connectivity index (χ4n) is 1.89. The molecule has 20 heavy (non-hydrogen) atoms. The van der Waals surface area contributed by atoms with Gasteiger partial charge in [-0.25, -0.2) is 0 Å². The summed E-state index contributed by atoms with van der Waals surface area (Å²) < 4.78 is 6.55. The molecule has 0 bridgehead atoms. The Morgan fingerprint density at radius 1 is 1.35 bits per heavy atom. The molecular formula is C16H27BrN2O. The second kappa shape index (κ2) is 9.37. The van der Waals surface area contributed by atoms with Crippen LogP contribution in [0, 0.1) is 5.92 Å². The van der Waals surface area contributed by atoms with Gasteiger partial charge in [0.1, 0.15) is 0 Å². The van der Waals surface area contributed by atoms with Crippen molar-refractivity contribution in [1.29, 1.82) is 0 Å². The van der Waals surface area contributed by atoms with Gasteiger partial charge in [-0.15, -0.1) is 0 Å². The number of ether oxygens (including phenoxy) is 1. The second-order valence-corrected chi connectivity index (χ2v) is 6.27. The molecule has 1 N–H and O–H groups in total. The first-order valence-corrected chi connectivity index (χ1v) is 8.12. The first kappa shape index (κ1) is 17.5. The standard InChI is InChI=1S/C16H27BrN2O/c1-5-20-9-8-19(4)15-7-6-14(16(17)10-15)12-18-11-13(2)3/h6-7,10,13,18H,5,8-9,11-12H2,1-4H3. The van der Waals surface area contributed by atoms with Crippen molar-refractivity contribution < 1.29 is 4.74 Å². The third-order valence-electron chi connectivity index (χ3n) is 3.12. The molecule has 0 amide bonds. The van der Waals surface area contributed by atoms with Gasteiger partial charge in [0, 0.05) is 36.9 Å². The Labute approximate surface area is 131 Å². The van der Waals surface area contributed by atoms with E-state index >= 15 is 0 Å². The van der Waals surface area contributed by atoms with Crippen LogP contribution in [0.25, 0.3) is 0 Å². The summed E-state index contributed by atoms with van der Waals surface area (Å²) in [5.74, 6) is 0.678. The van der Waals surface area contributed by atoms with E-state index < -0.39 is 0 Å². The van der Waals surface area contributed by atoms with Crippen molar-refractivity contribution in [3.05, 3.63) is 28.2 Å². The van der Waals surface area contributed by atoms with Gasteiger partial charge in [0.15, 0.2) is 0 Å². The summed E-state index contributed by atoms with van der Waals surface area (Å²) in [6.07, 6.45) is 0. The van der Waals surface area contributed by atoms with E-state index in [9.17, 15) is 0 Å². The van der Waals surface area contributed by atoms with Crippen molar-refractivity contribution in [1.82, 2.24) is 5.32 Å². The smallest absolute Gasteiger partial charge is 0.0641 e. The van der Waals surface area contributed by atoms with Crippen LogP contribution in [0.5, 0.6) is 0 Å².